The number of anilines is 6. The first-order chi connectivity index (χ1) is 36.3. The van der Waals surface area contributed by atoms with Crippen LogP contribution in [0.2, 0.25) is 0 Å². The Morgan fingerprint density at radius 3 is 1.01 bits per heavy atom. The van der Waals surface area contributed by atoms with E-state index in [1.807, 2.05) is 157 Å². The Bertz CT molecular complexity index is 2620. The normalized spacial score (nSPS) is 8.79. The fourth-order valence-corrected chi connectivity index (χ4v) is 5.94. The van der Waals surface area contributed by atoms with Crippen LogP contribution < -0.4 is 43.3 Å². The third-order valence-corrected chi connectivity index (χ3v) is 10.8. The summed E-state index contributed by atoms with van der Waals surface area (Å²) in [5.41, 5.74) is 18.5. The molecule has 0 bridgehead atoms. The van der Waals surface area contributed by atoms with Crippen molar-refractivity contribution in [2.75, 3.05) is 67.6 Å². The van der Waals surface area contributed by atoms with Gasteiger partial charge in [-0.3, -0.25) is 24.8 Å². The molecule has 454 valence electrons. The number of hydrogen-bond donors (Lipinski definition) is 13. The van der Waals surface area contributed by atoms with Crippen molar-refractivity contribution in [1.29, 1.82) is 0 Å². The summed E-state index contributed by atoms with van der Waals surface area (Å²) in [6.07, 6.45) is 8.11. The third-order valence-electron chi connectivity index (χ3n) is 9.41. The summed E-state index contributed by atoms with van der Waals surface area (Å²) >= 11 is 4.53. The molecule has 0 saturated heterocycles. The quantitative estimate of drug-likeness (QED) is 0.0141. The van der Waals surface area contributed by atoms with Gasteiger partial charge in [0.05, 0.1) is 0 Å². The first-order valence-electron chi connectivity index (χ1n) is 22.9. The van der Waals surface area contributed by atoms with Crippen molar-refractivity contribution >= 4 is 121 Å². The van der Waals surface area contributed by atoms with E-state index < -0.39 is 23.8 Å². The van der Waals surface area contributed by atoms with Crippen molar-refractivity contribution in [2.45, 2.75) is 70.2 Å². The van der Waals surface area contributed by atoms with E-state index in [1.54, 1.807) is 17.6 Å². The number of hydrogen-bond acceptors (Lipinski definition) is 13. The number of aliphatic carboxylic acids is 3. The van der Waals surface area contributed by atoms with Crippen LogP contribution in [0.4, 0.5) is 34.1 Å². The second-order valence-corrected chi connectivity index (χ2v) is 17.4. The van der Waals surface area contributed by atoms with E-state index in [9.17, 15) is 24.0 Å². The number of benzene rings is 6. The van der Waals surface area contributed by atoms with Gasteiger partial charge in [-0.2, -0.15) is 0 Å². The average Bonchev–Trinajstić information content (AvgIpc) is 3.45. The average molecular weight is 1360 g/mol. The number of hydroxylamine groups is 2. The summed E-state index contributed by atoms with van der Waals surface area (Å²) in [5.74, 6) is -3.56. The lowest BCUT2D eigenvalue weighted by Crippen LogP contribution is -2.18. The second kappa shape index (κ2) is 55.0. The van der Waals surface area contributed by atoms with Gasteiger partial charge in [0.1, 0.15) is 0 Å². The first kappa shape index (κ1) is 87.9. The Kier molecular flexibility index (Phi) is 59.0. The van der Waals surface area contributed by atoms with Crippen molar-refractivity contribution < 1.29 is 49.7 Å². The van der Waals surface area contributed by atoms with Gasteiger partial charge in [0, 0.05) is 108 Å². The van der Waals surface area contributed by atoms with E-state index in [0.717, 1.165) is 68.5 Å². The molecule has 18 nitrogen and oxygen atoms in total. The first-order valence-corrected chi connectivity index (χ1v) is 25.1. The largest absolute Gasteiger partial charge is 0.481 e. The smallest absolute Gasteiger partial charge is 0.328 e. The molecule has 2 amide bonds. The van der Waals surface area contributed by atoms with Gasteiger partial charge in [-0.05, 0) is 189 Å². The molecular weight excluding hydrogens is 1270 g/mol. The van der Waals surface area contributed by atoms with Crippen LogP contribution in [0.1, 0.15) is 79.7 Å². The van der Waals surface area contributed by atoms with Gasteiger partial charge in [0.25, 0.3) is 5.91 Å². The Morgan fingerprint density at radius 1 is 0.451 bits per heavy atom. The molecule has 0 aliphatic rings. The Hall–Kier alpha value is -7.93. The minimum Gasteiger partial charge on any atom is -0.481 e. The van der Waals surface area contributed by atoms with Crippen molar-refractivity contribution in [3.63, 3.8) is 0 Å². The number of carboxylic acid groups (broad SMARTS) is 3. The van der Waals surface area contributed by atoms with Crippen LogP contribution in [0.3, 0.4) is 0 Å². The fourth-order valence-electron chi connectivity index (χ4n) is 5.22. The lowest BCUT2D eigenvalue weighted by Gasteiger charge is -2.02. The fraction of sp³-hybridized carbons (Fsp3) is 0.242. The number of carbonyl (C=O) groups is 5. The maximum absolute atomic E-state index is 10.7. The minimum absolute atomic E-state index is 0. The SMILES string of the molecule is C.C.C.C.C.C.C=CC(=O)O.CNc1ccc(/C=C/C(=O)NO)cc1.CNc1ccc(/C=C/C(=O)O)cc1.CNc1ccc(CCC(=O)NO)cc1.CNc1ccc(CCC(=O)O)cc1.CNc1ccc(I)cc1.Nc1ccc(I)cc1. The van der Waals surface area contributed by atoms with E-state index >= 15 is 0 Å². The minimum atomic E-state index is -0.981. The molecule has 20 heteroatoms. The Balaban J connectivity index is -0.000000161. The maximum atomic E-state index is 10.7. The summed E-state index contributed by atoms with van der Waals surface area (Å²) in [4.78, 5) is 51.1. The number of carboxylic acids is 3. The highest BCUT2D eigenvalue weighted by molar-refractivity contribution is 14.1. The van der Waals surface area contributed by atoms with Crippen molar-refractivity contribution in [3.8, 4) is 0 Å². The summed E-state index contributed by atoms with van der Waals surface area (Å²) in [6.45, 7) is 2.96. The van der Waals surface area contributed by atoms with Crippen LogP contribution in [-0.2, 0) is 36.8 Å². The molecule has 0 spiro atoms. The predicted molar refractivity (Wildman–Crippen MR) is 364 cm³/mol. The summed E-state index contributed by atoms with van der Waals surface area (Å²) in [5, 5.41) is 56.0. The molecule has 14 N–H and O–H groups in total. The van der Waals surface area contributed by atoms with E-state index in [4.69, 9.17) is 31.5 Å². The maximum Gasteiger partial charge on any atom is 0.328 e. The van der Waals surface area contributed by atoms with Gasteiger partial charge in [-0.15, -0.1) is 0 Å². The number of amides is 2. The summed E-state index contributed by atoms with van der Waals surface area (Å²) in [6, 6.07) is 46.6. The molecule has 0 heterocycles. The number of nitrogens with two attached hydrogens (primary N) is 1. The predicted octanol–water partition coefficient (Wildman–Crippen LogP) is 14.3. The number of nitrogens with one attached hydrogen (secondary N) is 7. The second-order valence-electron chi connectivity index (χ2n) is 14.9. The molecule has 0 fully saturated rings. The number of nitrogen functional groups attached to an aromatic ring is 1. The molecule has 6 aromatic rings. The molecule has 6 rings (SSSR count). The monoisotopic (exact) mass is 1360 g/mol. The lowest BCUT2D eigenvalue weighted by atomic mass is 10.1. The molecule has 0 aliphatic heterocycles. The van der Waals surface area contributed by atoms with Gasteiger partial charge in [0.15, 0.2) is 0 Å². The van der Waals surface area contributed by atoms with Gasteiger partial charge >= 0.3 is 17.9 Å². The van der Waals surface area contributed by atoms with Gasteiger partial charge in [-0.1, -0.05) is 99.7 Å². The van der Waals surface area contributed by atoms with E-state index in [1.165, 1.54) is 18.7 Å². The zero-order chi connectivity index (χ0) is 57.1. The van der Waals surface area contributed by atoms with Crippen molar-refractivity contribution in [3.05, 3.63) is 200 Å². The lowest BCUT2D eigenvalue weighted by molar-refractivity contribution is -0.137. The van der Waals surface area contributed by atoms with Crippen LogP contribution >= 0.6 is 45.2 Å². The number of rotatable bonds is 16. The van der Waals surface area contributed by atoms with Crippen LogP contribution in [-0.4, -0.2) is 90.7 Å². The highest BCUT2D eigenvalue weighted by Gasteiger charge is 2.01. The van der Waals surface area contributed by atoms with Crippen molar-refractivity contribution in [1.82, 2.24) is 11.0 Å². The summed E-state index contributed by atoms with van der Waals surface area (Å²) in [7, 11) is 9.30. The summed E-state index contributed by atoms with van der Waals surface area (Å²) < 4.78 is 2.49. The molecule has 0 aromatic heterocycles. The van der Waals surface area contributed by atoms with E-state index in [0.29, 0.717) is 19.3 Å². The Morgan fingerprint density at radius 2 is 0.744 bits per heavy atom. The van der Waals surface area contributed by atoms with Crippen LogP contribution in [0.5, 0.6) is 0 Å². The molecule has 0 unspecified atom stereocenters. The molecular formula is C62H92I2N8O10. The van der Waals surface area contributed by atoms with Gasteiger partial charge < -0.3 is 47.6 Å². The van der Waals surface area contributed by atoms with Crippen LogP contribution in [0.25, 0.3) is 12.2 Å². The molecule has 0 radical (unpaired) electrons. The number of aryl methyl sites for hydroxylation is 2. The molecule has 0 aliphatic carbocycles. The highest BCUT2D eigenvalue weighted by atomic mass is 127. The molecule has 6 aromatic carbocycles. The third kappa shape index (κ3) is 46.9. The topological polar surface area (TPSA) is 297 Å². The van der Waals surface area contributed by atoms with Crippen LogP contribution in [0, 0.1) is 7.14 Å². The van der Waals surface area contributed by atoms with Crippen molar-refractivity contribution in [2.24, 2.45) is 0 Å². The van der Waals surface area contributed by atoms with Gasteiger partial charge in [0.2, 0.25) is 5.91 Å². The standard InChI is InChI=1S/C10H14N2O2.C10H12N2O2.C10H13NO2.C10H11NO2.C7H8IN.C6H6IN.C3H4O2.6CH4/c2*1-11-9-5-2-8(3-6-9)4-7-10(13)12-14;2*1-11-9-5-2-8(3-6-9)4-7-10(12)13;1-9-7-4-2-6(8)3-5-7;7-5-1-3-6(8)4-2-5;1-2-3(4)5;;;;;;/h2-3,5-6,11,14H,4,7H2,1H3,(H,12,13);2-7,11,14H,1H3,(H,12,13);2-3,5-6,11H,4,7H2,1H3,(H,12,13);2-7,11H,1H3,(H,12,13);2-5,9H,1H3;1-4H,8H2;2H,1H2,(H,4,5);6*1H4/b;7-4+;;7-4+;;;;;;;;;. The molecule has 82 heavy (non-hydrogen) atoms. The highest BCUT2D eigenvalue weighted by Crippen LogP contribution is 2.14. The molecule has 0 atom stereocenters. The molecule has 0 saturated carbocycles. The van der Waals surface area contributed by atoms with Gasteiger partial charge in [-0.25, -0.2) is 20.5 Å². The van der Waals surface area contributed by atoms with E-state index in [-0.39, 0.29) is 56.9 Å². The van der Waals surface area contributed by atoms with E-state index in [2.05, 4.69) is 103 Å². The Labute approximate surface area is 516 Å². The number of carbonyl (C=O) groups excluding carboxylic acids is 2. The zero-order valence-electron chi connectivity index (χ0n) is 42.9. The zero-order valence-corrected chi connectivity index (χ0v) is 47.2. The van der Waals surface area contributed by atoms with Crippen LogP contribution in [0.15, 0.2) is 170 Å². The number of halogens is 2.